The molecule has 1 aliphatic rings. The molecule has 1 nitrogen and oxygen atoms in total. The first-order valence-electron chi connectivity index (χ1n) is 3.73. The Morgan fingerprint density at radius 3 is 2.75 bits per heavy atom. The molecule has 66 valence electrons. The fourth-order valence-electron chi connectivity index (χ4n) is 1.06. The van der Waals surface area contributed by atoms with Gasteiger partial charge in [-0.1, -0.05) is 11.6 Å². The van der Waals surface area contributed by atoms with E-state index in [4.69, 9.17) is 0 Å². The Kier molecular flexibility index (Phi) is 2.40. The average Bonchev–Trinajstić information content (AvgIpc) is 2.12. The standard InChI is InChI=1S/C9H11F2N/c1-7-3-4-12-6-9(2,5-7)8(10)11/h3-6,8H,1-2H3. The SMILES string of the molecule is CC1=CC(C)(C(F)F)C=NC=C1. The lowest BCUT2D eigenvalue weighted by Crippen LogP contribution is -2.25. The first-order chi connectivity index (χ1) is 5.54. The molecule has 0 aromatic heterocycles. The summed E-state index contributed by atoms with van der Waals surface area (Å²) in [6, 6.07) is 0. The van der Waals surface area contributed by atoms with Crippen molar-refractivity contribution in [1.82, 2.24) is 0 Å². The van der Waals surface area contributed by atoms with Crippen molar-refractivity contribution < 1.29 is 8.78 Å². The van der Waals surface area contributed by atoms with Gasteiger partial charge in [-0.3, -0.25) is 4.99 Å². The van der Waals surface area contributed by atoms with Gasteiger partial charge >= 0.3 is 0 Å². The number of nitrogens with zero attached hydrogens (tertiary/aromatic N) is 1. The van der Waals surface area contributed by atoms with E-state index in [1.165, 1.54) is 25.4 Å². The van der Waals surface area contributed by atoms with Crippen molar-refractivity contribution >= 4 is 6.21 Å². The van der Waals surface area contributed by atoms with E-state index in [1.807, 2.05) is 0 Å². The number of rotatable bonds is 1. The molecule has 0 aromatic carbocycles. The Balaban J connectivity index is 2.99. The van der Waals surface area contributed by atoms with Gasteiger partial charge in [-0.15, -0.1) is 0 Å². The van der Waals surface area contributed by atoms with E-state index in [-0.39, 0.29) is 0 Å². The molecule has 0 radical (unpaired) electrons. The minimum atomic E-state index is -2.41. The first kappa shape index (κ1) is 9.10. The molecule has 0 saturated carbocycles. The average molecular weight is 171 g/mol. The highest BCUT2D eigenvalue weighted by molar-refractivity contribution is 5.70. The van der Waals surface area contributed by atoms with Gasteiger partial charge in [0, 0.05) is 12.4 Å². The second-order valence-corrected chi connectivity index (χ2v) is 3.15. The summed E-state index contributed by atoms with van der Waals surface area (Å²) in [5.41, 5.74) is -0.400. The van der Waals surface area contributed by atoms with Gasteiger partial charge in [-0.25, -0.2) is 8.78 Å². The maximum absolute atomic E-state index is 12.5. The van der Waals surface area contributed by atoms with E-state index in [1.54, 1.807) is 13.0 Å². The maximum atomic E-state index is 12.5. The van der Waals surface area contributed by atoms with Crippen LogP contribution in [0.25, 0.3) is 0 Å². The summed E-state index contributed by atoms with van der Waals surface area (Å²) in [7, 11) is 0. The fraction of sp³-hybridized carbons (Fsp3) is 0.444. The van der Waals surface area contributed by atoms with Crippen LogP contribution in [0.4, 0.5) is 8.78 Å². The van der Waals surface area contributed by atoms with Gasteiger partial charge in [-0.2, -0.15) is 0 Å². The highest BCUT2D eigenvalue weighted by atomic mass is 19.3. The second kappa shape index (κ2) is 3.17. The quantitative estimate of drug-likeness (QED) is 0.575. The Morgan fingerprint density at radius 1 is 1.50 bits per heavy atom. The first-order valence-corrected chi connectivity index (χ1v) is 3.73. The summed E-state index contributed by atoms with van der Waals surface area (Å²) in [6.45, 7) is 3.25. The zero-order chi connectivity index (χ0) is 9.19. The number of halogens is 2. The molecule has 1 heterocycles. The molecule has 1 aliphatic heterocycles. The lowest BCUT2D eigenvalue weighted by molar-refractivity contribution is 0.0814. The summed E-state index contributed by atoms with van der Waals surface area (Å²) in [6.07, 6.45) is 3.65. The minimum Gasteiger partial charge on any atom is -0.268 e. The van der Waals surface area contributed by atoms with Gasteiger partial charge in [0.15, 0.2) is 0 Å². The molecule has 0 N–H and O–H groups in total. The Bertz CT molecular complexity index is 253. The molecule has 3 heteroatoms. The molecular formula is C9H11F2N. The van der Waals surface area contributed by atoms with Crippen molar-refractivity contribution in [2.45, 2.75) is 20.3 Å². The molecule has 1 atom stereocenters. The Labute approximate surface area is 70.5 Å². The zero-order valence-electron chi connectivity index (χ0n) is 7.09. The lowest BCUT2D eigenvalue weighted by Gasteiger charge is -2.19. The van der Waals surface area contributed by atoms with Crippen LogP contribution in [0.2, 0.25) is 0 Å². The van der Waals surface area contributed by atoms with Crippen LogP contribution in [0, 0.1) is 5.41 Å². The van der Waals surface area contributed by atoms with Crippen molar-refractivity contribution in [1.29, 1.82) is 0 Å². The van der Waals surface area contributed by atoms with Crippen LogP contribution in [0.3, 0.4) is 0 Å². The summed E-state index contributed by atoms with van der Waals surface area (Å²) in [4.78, 5) is 3.76. The predicted molar refractivity (Wildman–Crippen MR) is 45.5 cm³/mol. The maximum Gasteiger partial charge on any atom is 0.252 e. The van der Waals surface area contributed by atoms with Gasteiger partial charge in [0.1, 0.15) is 0 Å². The fourth-order valence-corrected chi connectivity index (χ4v) is 1.06. The van der Waals surface area contributed by atoms with Crippen molar-refractivity contribution in [2.24, 2.45) is 10.4 Å². The molecule has 0 spiro atoms. The monoisotopic (exact) mass is 171 g/mol. The van der Waals surface area contributed by atoms with Crippen LogP contribution in [-0.4, -0.2) is 12.6 Å². The molecular weight excluding hydrogens is 160 g/mol. The van der Waals surface area contributed by atoms with E-state index in [0.29, 0.717) is 0 Å². The van der Waals surface area contributed by atoms with E-state index < -0.39 is 11.8 Å². The summed E-state index contributed by atoms with van der Waals surface area (Å²) < 4.78 is 25.0. The Hall–Kier alpha value is -0.990. The third kappa shape index (κ3) is 1.78. The summed E-state index contributed by atoms with van der Waals surface area (Å²) >= 11 is 0. The molecule has 0 fully saturated rings. The molecule has 0 bridgehead atoms. The van der Waals surface area contributed by atoms with Crippen LogP contribution in [-0.2, 0) is 0 Å². The van der Waals surface area contributed by atoms with Gasteiger partial charge in [0.2, 0.25) is 0 Å². The number of hydrogen-bond acceptors (Lipinski definition) is 1. The van der Waals surface area contributed by atoms with Crippen LogP contribution in [0.1, 0.15) is 13.8 Å². The van der Waals surface area contributed by atoms with Crippen molar-refractivity contribution in [3.63, 3.8) is 0 Å². The molecule has 12 heavy (non-hydrogen) atoms. The van der Waals surface area contributed by atoms with Crippen LogP contribution in [0.15, 0.2) is 28.9 Å². The molecule has 1 unspecified atom stereocenters. The normalized spacial score (nSPS) is 28.9. The Morgan fingerprint density at radius 2 is 2.17 bits per heavy atom. The van der Waals surface area contributed by atoms with Crippen molar-refractivity contribution in [2.75, 3.05) is 0 Å². The number of allylic oxidation sites excluding steroid dienone is 3. The highest BCUT2D eigenvalue weighted by Gasteiger charge is 2.31. The highest BCUT2D eigenvalue weighted by Crippen LogP contribution is 2.28. The molecule has 1 rings (SSSR count). The number of hydrogen-bond donors (Lipinski definition) is 0. The smallest absolute Gasteiger partial charge is 0.252 e. The van der Waals surface area contributed by atoms with Crippen molar-refractivity contribution in [3.8, 4) is 0 Å². The van der Waals surface area contributed by atoms with Crippen LogP contribution >= 0.6 is 0 Å². The van der Waals surface area contributed by atoms with E-state index in [2.05, 4.69) is 4.99 Å². The molecule has 0 saturated heterocycles. The third-order valence-corrected chi connectivity index (χ3v) is 1.79. The van der Waals surface area contributed by atoms with Gasteiger partial charge in [0.25, 0.3) is 6.43 Å². The van der Waals surface area contributed by atoms with Gasteiger partial charge in [0.05, 0.1) is 5.41 Å². The van der Waals surface area contributed by atoms with Gasteiger partial charge < -0.3 is 0 Å². The molecule has 0 aliphatic carbocycles. The van der Waals surface area contributed by atoms with E-state index >= 15 is 0 Å². The van der Waals surface area contributed by atoms with Gasteiger partial charge in [-0.05, 0) is 19.9 Å². The lowest BCUT2D eigenvalue weighted by atomic mass is 9.91. The van der Waals surface area contributed by atoms with E-state index in [9.17, 15) is 8.78 Å². The predicted octanol–water partition coefficient (Wildman–Crippen LogP) is 2.80. The summed E-state index contributed by atoms with van der Waals surface area (Å²) in [5.74, 6) is 0. The van der Waals surface area contributed by atoms with Crippen LogP contribution in [0.5, 0.6) is 0 Å². The third-order valence-electron chi connectivity index (χ3n) is 1.79. The minimum absolute atomic E-state index is 0.815. The molecule has 0 aromatic rings. The van der Waals surface area contributed by atoms with E-state index in [0.717, 1.165) is 5.57 Å². The number of alkyl halides is 2. The number of aliphatic imine (C=N–C) groups is 1. The summed E-state index contributed by atoms with van der Waals surface area (Å²) in [5, 5.41) is 0. The second-order valence-electron chi connectivity index (χ2n) is 3.15. The largest absolute Gasteiger partial charge is 0.268 e. The molecule has 0 amide bonds. The van der Waals surface area contributed by atoms with Crippen molar-refractivity contribution in [3.05, 3.63) is 23.9 Å². The zero-order valence-corrected chi connectivity index (χ0v) is 7.09. The topological polar surface area (TPSA) is 12.4 Å². The van der Waals surface area contributed by atoms with Crippen LogP contribution < -0.4 is 0 Å².